The Hall–Kier alpha value is -4.66. The van der Waals surface area contributed by atoms with Crippen LogP contribution in [0.5, 0.6) is 5.88 Å². The minimum atomic E-state index is -1.05. The smallest absolute Gasteiger partial charge is 0.407 e. The Morgan fingerprint density at radius 2 is 1.70 bits per heavy atom. The summed E-state index contributed by atoms with van der Waals surface area (Å²) in [6.45, 7) is 2.83. The van der Waals surface area contributed by atoms with Crippen LogP contribution in [0.15, 0.2) is 36.4 Å². The molecule has 2 aliphatic heterocycles. The molecule has 2 atom stereocenters. The number of nitrogens with zero attached hydrogens (tertiary/aromatic N) is 5. The zero-order valence-corrected chi connectivity index (χ0v) is 25.9. The third kappa shape index (κ3) is 7.76. The summed E-state index contributed by atoms with van der Waals surface area (Å²) in [5, 5.41) is 19.4. The van der Waals surface area contributed by atoms with Crippen molar-refractivity contribution in [2.75, 3.05) is 52.5 Å². The van der Waals surface area contributed by atoms with Gasteiger partial charge < -0.3 is 39.9 Å². The molecule has 3 heterocycles. The Morgan fingerprint density at radius 1 is 0.978 bits per heavy atom. The lowest BCUT2D eigenvalue weighted by atomic mass is 9.93. The highest BCUT2D eigenvalue weighted by Crippen LogP contribution is 2.23. The van der Waals surface area contributed by atoms with E-state index in [2.05, 4.69) is 15.7 Å². The highest BCUT2D eigenvalue weighted by Gasteiger charge is 2.36. The molecule has 15 nitrogen and oxygen atoms in total. The van der Waals surface area contributed by atoms with Gasteiger partial charge >= 0.3 is 6.09 Å². The van der Waals surface area contributed by atoms with Crippen molar-refractivity contribution < 1.29 is 38.6 Å². The van der Waals surface area contributed by atoms with Gasteiger partial charge in [0.25, 0.3) is 11.8 Å². The third-order valence-corrected chi connectivity index (χ3v) is 8.53. The molecule has 3 fully saturated rings. The van der Waals surface area contributed by atoms with Crippen LogP contribution in [0.3, 0.4) is 0 Å². The molecule has 0 unspecified atom stereocenters. The summed E-state index contributed by atoms with van der Waals surface area (Å²) >= 11 is 0. The number of para-hydroxylation sites is 1. The van der Waals surface area contributed by atoms with Crippen molar-refractivity contribution in [3.05, 3.63) is 42.1 Å². The first-order valence-corrected chi connectivity index (χ1v) is 15.8. The minimum Gasteiger partial charge on any atom is -0.467 e. The van der Waals surface area contributed by atoms with Gasteiger partial charge in [0.05, 0.1) is 12.3 Å². The summed E-state index contributed by atoms with van der Waals surface area (Å²) in [5.41, 5.74) is 0.538. The van der Waals surface area contributed by atoms with Crippen LogP contribution in [-0.4, -0.2) is 130 Å². The number of likely N-dealkylation sites (tertiary alicyclic amines) is 1. The SMILES string of the molecule is CCOC[C@H](NC(=O)c1cc(OCC(=O)N2CCC[C@H]2C(=O)NC2CCC2)n(-c2ccccc2)n1)C(=O)N1CCN(C(=O)O)CC1. The van der Waals surface area contributed by atoms with Crippen molar-refractivity contribution in [3.8, 4) is 11.6 Å². The predicted molar refractivity (Wildman–Crippen MR) is 164 cm³/mol. The van der Waals surface area contributed by atoms with Gasteiger partial charge in [-0.15, -0.1) is 0 Å². The topological polar surface area (TPSA) is 176 Å². The number of aromatic nitrogens is 2. The number of piperazine rings is 1. The molecule has 3 N–H and O–H groups in total. The van der Waals surface area contributed by atoms with E-state index in [1.165, 1.54) is 20.5 Å². The van der Waals surface area contributed by atoms with Crippen molar-refractivity contribution in [2.24, 2.45) is 0 Å². The number of hydrogen-bond acceptors (Lipinski definition) is 8. The van der Waals surface area contributed by atoms with Crippen LogP contribution in [0.25, 0.3) is 5.69 Å². The zero-order chi connectivity index (χ0) is 32.6. The number of carboxylic acid groups (broad SMARTS) is 1. The molecule has 1 aliphatic carbocycles. The first-order valence-electron chi connectivity index (χ1n) is 15.8. The van der Waals surface area contributed by atoms with Crippen molar-refractivity contribution >= 4 is 29.7 Å². The van der Waals surface area contributed by atoms with Crippen LogP contribution in [0.4, 0.5) is 4.79 Å². The number of carbonyl (C=O) groups is 5. The summed E-state index contributed by atoms with van der Waals surface area (Å²) in [5.74, 6) is -1.39. The lowest BCUT2D eigenvalue weighted by Gasteiger charge is -2.35. The van der Waals surface area contributed by atoms with Crippen LogP contribution in [-0.2, 0) is 19.1 Å². The van der Waals surface area contributed by atoms with E-state index in [9.17, 15) is 29.1 Å². The normalized spacial score (nSPS) is 18.9. The van der Waals surface area contributed by atoms with Gasteiger partial charge in [0.15, 0.2) is 12.3 Å². The van der Waals surface area contributed by atoms with Crippen molar-refractivity contribution in [1.82, 2.24) is 35.1 Å². The molecule has 0 bridgehead atoms. The van der Waals surface area contributed by atoms with Crippen LogP contribution in [0, 0.1) is 0 Å². The second-order valence-corrected chi connectivity index (χ2v) is 11.6. The average molecular weight is 640 g/mol. The molecular formula is C31H41N7O8. The number of benzene rings is 1. The van der Waals surface area contributed by atoms with Gasteiger partial charge in [0.1, 0.15) is 12.1 Å². The summed E-state index contributed by atoms with van der Waals surface area (Å²) in [6.07, 6.45) is 3.27. The van der Waals surface area contributed by atoms with Gasteiger partial charge in [-0.3, -0.25) is 19.2 Å². The number of rotatable bonds is 12. The van der Waals surface area contributed by atoms with E-state index in [0.29, 0.717) is 25.3 Å². The van der Waals surface area contributed by atoms with E-state index in [0.717, 1.165) is 25.7 Å². The molecule has 5 amide bonds. The lowest BCUT2D eigenvalue weighted by molar-refractivity contribution is -0.140. The molecule has 1 aromatic heterocycles. The number of hydrogen-bond donors (Lipinski definition) is 3. The molecule has 3 aliphatic rings. The van der Waals surface area contributed by atoms with Crippen LogP contribution >= 0.6 is 0 Å². The molecule has 15 heteroatoms. The van der Waals surface area contributed by atoms with Gasteiger partial charge in [-0.2, -0.15) is 5.10 Å². The highest BCUT2D eigenvalue weighted by molar-refractivity contribution is 5.96. The van der Waals surface area contributed by atoms with Crippen LogP contribution in [0.1, 0.15) is 49.5 Å². The number of carbonyl (C=O) groups excluding carboxylic acids is 4. The number of nitrogens with one attached hydrogen (secondary N) is 2. The zero-order valence-electron chi connectivity index (χ0n) is 25.9. The molecule has 1 saturated carbocycles. The van der Waals surface area contributed by atoms with Crippen molar-refractivity contribution in [1.29, 1.82) is 0 Å². The molecule has 2 aromatic rings. The number of amides is 5. The molecule has 2 saturated heterocycles. The van der Waals surface area contributed by atoms with E-state index in [4.69, 9.17) is 9.47 Å². The molecule has 0 radical (unpaired) electrons. The van der Waals surface area contributed by atoms with Crippen molar-refractivity contribution in [2.45, 2.75) is 57.2 Å². The second-order valence-electron chi connectivity index (χ2n) is 11.6. The fraction of sp³-hybridized carbons (Fsp3) is 0.548. The number of ether oxygens (including phenoxy) is 2. The summed E-state index contributed by atoms with van der Waals surface area (Å²) < 4.78 is 12.8. The summed E-state index contributed by atoms with van der Waals surface area (Å²) in [7, 11) is 0. The van der Waals surface area contributed by atoms with Crippen LogP contribution in [0.2, 0.25) is 0 Å². The first-order chi connectivity index (χ1) is 22.2. The molecular weight excluding hydrogens is 598 g/mol. The van der Waals surface area contributed by atoms with Crippen molar-refractivity contribution in [3.63, 3.8) is 0 Å². The van der Waals surface area contributed by atoms with E-state index < -0.39 is 30.0 Å². The Bertz CT molecular complexity index is 1400. The maximum atomic E-state index is 13.5. The molecule has 5 rings (SSSR count). The quantitative estimate of drug-likeness (QED) is 0.304. The van der Waals surface area contributed by atoms with Gasteiger partial charge in [-0.05, 0) is 51.2 Å². The Morgan fingerprint density at radius 3 is 2.35 bits per heavy atom. The Balaban J connectivity index is 1.27. The monoisotopic (exact) mass is 639 g/mol. The van der Waals surface area contributed by atoms with Gasteiger partial charge in [-0.1, -0.05) is 18.2 Å². The largest absolute Gasteiger partial charge is 0.467 e. The van der Waals surface area contributed by atoms with Crippen LogP contribution < -0.4 is 15.4 Å². The summed E-state index contributed by atoms with van der Waals surface area (Å²) in [6, 6.07) is 8.95. The van der Waals surface area contributed by atoms with E-state index >= 15 is 0 Å². The summed E-state index contributed by atoms with van der Waals surface area (Å²) in [4.78, 5) is 68.4. The third-order valence-electron chi connectivity index (χ3n) is 8.53. The minimum absolute atomic E-state index is 0.0461. The Labute approximate surface area is 266 Å². The lowest BCUT2D eigenvalue weighted by Crippen LogP contribution is -2.56. The first kappa shape index (κ1) is 32.7. The Kier molecular flexibility index (Phi) is 10.7. The molecule has 1 aromatic carbocycles. The highest BCUT2D eigenvalue weighted by atomic mass is 16.5. The standard InChI is InChI=1S/C31H41N7O8/c1-2-45-19-24(30(42)35-14-16-36(17-15-35)31(43)44)33-28(40)23-18-27(38(34-23)22-10-4-3-5-11-22)46-20-26(39)37-13-7-12-25(37)29(41)32-21-8-6-9-21/h3-5,10-11,18,21,24-25H,2,6-9,12-17,19-20H2,1H3,(H,32,41)(H,33,40)(H,43,44)/t24-,25-/m0/s1. The second kappa shape index (κ2) is 15.1. The fourth-order valence-corrected chi connectivity index (χ4v) is 5.72. The molecule has 0 spiro atoms. The predicted octanol–water partition coefficient (Wildman–Crippen LogP) is 0.868. The maximum Gasteiger partial charge on any atom is 0.407 e. The van der Waals surface area contributed by atoms with Gasteiger partial charge in [-0.25, -0.2) is 9.48 Å². The van der Waals surface area contributed by atoms with Gasteiger partial charge in [0.2, 0.25) is 17.7 Å². The van der Waals surface area contributed by atoms with E-state index in [-0.39, 0.29) is 68.8 Å². The molecule has 248 valence electrons. The maximum absolute atomic E-state index is 13.5. The van der Waals surface area contributed by atoms with Gasteiger partial charge in [0, 0.05) is 51.4 Å². The van der Waals surface area contributed by atoms with E-state index in [1.54, 1.807) is 36.1 Å². The average Bonchev–Trinajstić information content (AvgIpc) is 3.72. The fourth-order valence-electron chi connectivity index (χ4n) is 5.72. The molecule has 46 heavy (non-hydrogen) atoms. The van der Waals surface area contributed by atoms with E-state index in [1.807, 2.05) is 6.07 Å².